The van der Waals surface area contributed by atoms with Gasteiger partial charge in [0.15, 0.2) is 0 Å². The zero-order chi connectivity index (χ0) is 12.8. The second kappa shape index (κ2) is 6.06. The maximum atomic E-state index is 11.7. The molecule has 0 aliphatic carbocycles. The van der Waals surface area contributed by atoms with Crippen molar-refractivity contribution in [3.8, 4) is 0 Å². The third-order valence-electron chi connectivity index (χ3n) is 1.97. The first-order chi connectivity index (χ1) is 8.02. The first-order valence-electron chi connectivity index (χ1n) is 4.87. The van der Waals surface area contributed by atoms with Crippen LogP contribution in [0.25, 0.3) is 0 Å². The highest BCUT2D eigenvalue weighted by Crippen LogP contribution is 2.11. The van der Waals surface area contributed by atoms with Gasteiger partial charge in [0.1, 0.15) is 11.6 Å². The second-order valence-corrected chi connectivity index (χ2v) is 3.75. The zero-order valence-electron chi connectivity index (χ0n) is 9.66. The van der Waals surface area contributed by atoms with Gasteiger partial charge >= 0.3 is 0 Å². The van der Waals surface area contributed by atoms with E-state index in [-0.39, 0.29) is 5.91 Å². The monoisotopic (exact) mass is 252 g/mol. The van der Waals surface area contributed by atoms with E-state index in [2.05, 4.69) is 16.9 Å². The Bertz CT molecular complexity index is 452. The molecule has 0 radical (unpaired) electrons. The minimum absolute atomic E-state index is 0.266. The van der Waals surface area contributed by atoms with Gasteiger partial charge in [0, 0.05) is 11.8 Å². The molecule has 0 fully saturated rings. The summed E-state index contributed by atoms with van der Waals surface area (Å²) in [7, 11) is 1.49. The number of hydrogen-bond acceptors (Lipinski definition) is 3. The van der Waals surface area contributed by atoms with E-state index in [1.807, 2.05) is 0 Å². The van der Waals surface area contributed by atoms with Crippen molar-refractivity contribution in [1.29, 1.82) is 0 Å². The van der Waals surface area contributed by atoms with Crippen molar-refractivity contribution in [2.45, 2.75) is 6.92 Å². The fourth-order valence-corrected chi connectivity index (χ4v) is 1.14. The van der Waals surface area contributed by atoms with Crippen LogP contribution in [-0.4, -0.2) is 18.0 Å². The molecule has 0 atom stereocenters. The molecule has 1 rings (SSSR count). The lowest BCUT2D eigenvalue weighted by molar-refractivity contribution is -0.112. The van der Waals surface area contributed by atoms with Gasteiger partial charge in [-0.25, -0.2) is 4.98 Å². The standard InChI is InChI=1S/C12H13ClN2O2/c1-8(6-9(2)17-3)12(16)15-11-5-4-10(13)7-14-11/h4-7H,2H2,1,3H3,(H,14,15,16). The summed E-state index contributed by atoms with van der Waals surface area (Å²) >= 11 is 5.68. The second-order valence-electron chi connectivity index (χ2n) is 3.31. The molecule has 0 aromatic carbocycles. The molecular weight excluding hydrogens is 240 g/mol. The Morgan fingerprint density at radius 2 is 2.29 bits per heavy atom. The number of carbonyl (C=O) groups is 1. The Kier molecular flexibility index (Phi) is 4.72. The van der Waals surface area contributed by atoms with E-state index in [1.165, 1.54) is 13.3 Å². The lowest BCUT2D eigenvalue weighted by Crippen LogP contribution is -2.13. The Hall–Kier alpha value is -1.81. The molecule has 0 saturated carbocycles. The summed E-state index contributed by atoms with van der Waals surface area (Å²) in [6.45, 7) is 5.26. The summed E-state index contributed by atoms with van der Waals surface area (Å²) in [6, 6.07) is 3.27. The van der Waals surface area contributed by atoms with Crippen LogP contribution in [-0.2, 0) is 9.53 Å². The zero-order valence-corrected chi connectivity index (χ0v) is 10.4. The van der Waals surface area contributed by atoms with E-state index in [1.54, 1.807) is 25.1 Å². The lowest BCUT2D eigenvalue weighted by atomic mass is 10.2. The van der Waals surface area contributed by atoms with Gasteiger partial charge in [-0.15, -0.1) is 0 Å². The van der Waals surface area contributed by atoms with Crippen molar-refractivity contribution in [3.05, 3.63) is 47.3 Å². The summed E-state index contributed by atoms with van der Waals surface area (Å²) in [5.74, 6) is 0.593. The summed E-state index contributed by atoms with van der Waals surface area (Å²) in [5, 5.41) is 3.14. The van der Waals surface area contributed by atoms with E-state index in [9.17, 15) is 4.79 Å². The van der Waals surface area contributed by atoms with Gasteiger partial charge in [-0.05, 0) is 25.1 Å². The van der Waals surface area contributed by atoms with Gasteiger partial charge in [-0.2, -0.15) is 0 Å². The average molecular weight is 253 g/mol. The molecule has 90 valence electrons. The highest BCUT2D eigenvalue weighted by atomic mass is 35.5. The number of methoxy groups -OCH3 is 1. The van der Waals surface area contributed by atoms with Crippen LogP contribution in [0.1, 0.15) is 6.92 Å². The molecule has 1 amide bonds. The number of ether oxygens (including phenoxy) is 1. The lowest BCUT2D eigenvalue weighted by Gasteiger charge is -2.05. The number of amides is 1. The molecule has 4 nitrogen and oxygen atoms in total. The number of carbonyl (C=O) groups excluding carboxylic acids is 1. The molecule has 1 N–H and O–H groups in total. The first-order valence-corrected chi connectivity index (χ1v) is 5.25. The van der Waals surface area contributed by atoms with Crippen LogP contribution in [0.5, 0.6) is 0 Å². The highest BCUT2D eigenvalue weighted by molar-refractivity contribution is 6.30. The number of rotatable bonds is 4. The van der Waals surface area contributed by atoms with Crippen LogP contribution in [0.2, 0.25) is 5.02 Å². The normalized spacial score (nSPS) is 10.9. The first kappa shape index (κ1) is 13.3. The number of anilines is 1. The number of aromatic nitrogens is 1. The van der Waals surface area contributed by atoms with E-state index >= 15 is 0 Å². The van der Waals surface area contributed by atoms with Crippen molar-refractivity contribution in [1.82, 2.24) is 4.98 Å². The Morgan fingerprint density at radius 3 is 2.82 bits per heavy atom. The number of hydrogen-bond donors (Lipinski definition) is 1. The summed E-state index contributed by atoms with van der Waals surface area (Å²) in [5.41, 5.74) is 0.480. The molecule has 1 heterocycles. The summed E-state index contributed by atoms with van der Waals surface area (Å²) in [6.07, 6.45) is 3.01. The van der Waals surface area contributed by atoms with Crippen molar-refractivity contribution >= 4 is 23.3 Å². The summed E-state index contributed by atoms with van der Waals surface area (Å²) in [4.78, 5) is 15.7. The molecule has 1 aromatic heterocycles. The van der Waals surface area contributed by atoms with Crippen molar-refractivity contribution in [3.63, 3.8) is 0 Å². The number of pyridine rings is 1. The molecule has 0 aliphatic rings. The largest absolute Gasteiger partial charge is 0.497 e. The fraction of sp³-hybridized carbons (Fsp3) is 0.167. The minimum atomic E-state index is -0.266. The van der Waals surface area contributed by atoms with Gasteiger partial charge in [0.2, 0.25) is 0 Å². The molecule has 0 aliphatic heterocycles. The van der Waals surface area contributed by atoms with Crippen LogP contribution >= 0.6 is 11.6 Å². The minimum Gasteiger partial charge on any atom is -0.497 e. The van der Waals surface area contributed by atoms with Crippen molar-refractivity contribution < 1.29 is 9.53 Å². The van der Waals surface area contributed by atoms with E-state index < -0.39 is 0 Å². The predicted molar refractivity (Wildman–Crippen MR) is 67.8 cm³/mol. The van der Waals surface area contributed by atoms with E-state index in [4.69, 9.17) is 16.3 Å². The van der Waals surface area contributed by atoms with E-state index in [0.717, 1.165) is 0 Å². The number of nitrogens with zero attached hydrogens (tertiary/aromatic N) is 1. The maximum Gasteiger partial charge on any atom is 0.252 e. The van der Waals surface area contributed by atoms with Crippen LogP contribution < -0.4 is 5.32 Å². The van der Waals surface area contributed by atoms with Crippen LogP contribution in [0, 0.1) is 0 Å². The molecule has 0 unspecified atom stereocenters. The quantitative estimate of drug-likeness (QED) is 0.509. The topological polar surface area (TPSA) is 51.2 Å². The van der Waals surface area contributed by atoms with Crippen LogP contribution in [0.15, 0.2) is 42.3 Å². The molecule has 1 aromatic rings. The number of nitrogens with one attached hydrogen (secondary N) is 1. The Labute approximate surface area is 105 Å². The van der Waals surface area contributed by atoms with Crippen molar-refractivity contribution in [2.75, 3.05) is 12.4 Å². The van der Waals surface area contributed by atoms with Gasteiger partial charge in [0.05, 0.1) is 12.1 Å². The smallest absolute Gasteiger partial charge is 0.252 e. The Morgan fingerprint density at radius 1 is 1.59 bits per heavy atom. The third-order valence-corrected chi connectivity index (χ3v) is 2.19. The molecular formula is C12H13ClN2O2. The SMILES string of the molecule is C=C(C=C(C)C(=O)Nc1ccc(Cl)cn1)OC. The number of halogens is 1. The van der Waals surface area contributed by atoms with Crippen LogP contribution in [0.4, 0.5) is 5.82 Å². The third kappa shape index (κ3) is 4.28. The average Bonchev–Trinajstić information content (AvgIpc) is 2.31. The van der Waals surface area contributed by atoms with Gasteiger partial charge in [0.25, 0.3) is 5.91 Å². The van der Waals surface area contributed by atoms with Gasteiger partial charge in [-0.3, -0.25) is 4.79 Å². The maximum absolute atomic E-state index is 11.7. The van der Waals surface area contributed by atoms with E-state index in [0.29, 0.717) is 22.2 Å². The molecule has 0 bridgehead atoms. The predicted octanol–water partition coefficient (Wildman–Crippen LogP) is 2.78. The van der Waals surface area contributed by atoms with Crippen LogP contribution in [0.3, 0.4) is 0 Å². The highest BCUT2D eigenvalue weighted by Gasteiger charge is 2.06. The molecule has 0 spiro atoms. The van der Waals surface area contributed by atoms with Gasteiger partial charge in [-0.1, -0.05) is 18.2 Å². The summed E-state index contributed by atoms with van der Waals surface area (Å²) < 4.78 is 4.85. The van der Waals surface area contributed by atoms with Crippen molar-refractivity contribution in [2.24, 2.45) is 0 Å². The fourth-order valence-electron chi connectivity index (χ4n) is 1.03. The number of allylic oxidation sites excluding steroid dienone is 1. The Balaban J connectivity index is 2.69. The molecule has 17 heavy (non-hydrogen) atoms. The van der Waals surface area contributed by atoms with Gasteiger partial charge < -0.3 is 10.1 Å². The molecule has 5 heteroatoms. The molecule has 0 saturated heterocycles.